The van der Waals surface area contributed by atoms with Crippen LogP contribution in [0.25, 0.3) is 0 Å². The zero-order valence-corrected chi connectivity index (χ0v) is 7.76. The predicted octanol–water partition coefficient (Wildman–Crippen LogP) is -0.865. The minimum atomic E-state index is -0.397. The molecular formula is C8H14N2O3. The van der Waals surface area contributed by atoms with Crippen LogP contribution >= 0.6 is 0 Å². The largest absolute Gasteiger partial charge is 0.395 e. The first-order valence-corrected chi connectivity index (χ1v) is 3.94. The minimum Gasteiger partial charge on any atom is -0.395 e. The first kappa shape index (κ1) is 11.6. The molecule has 5 heteroatoms. The van der Waals surface area contributed by atoms with Crippen molar-refractivity contribution in [2.45, 2.75) is 13.8 Å². The zero-order chi connectivity index (χ0) is 10.3. The van der Waals surface area contributed by atoms with Gasteiger partial charge in [0.15, 0.2) is 0 Å². The molecule has 0 aromatic carbocycles. The maximum Gasteiger partial charge on any atom is 0.267 e. The second-order valence-corrected chi connectivity index (χ2v) is 2.36. The quantitative estimate of drug-likeness (QED) is 0.500. The molecule has 0 bridgehead atoms. The van der Waals surface area contributed by atoms with E-state index in [1.165, 1.54) is 13.0 Å². The van der Waals surface area contributed by atoms with Crippen LogP contribution < -0.4 is 10.6 Å². The molecule has 0 atom stereocenters. The van der Waals surface area contributed by atoms with Crippen molar-refractivity contribution in [1.82, 2.24) is 10.6 Å². The minimum absolute atomic E-state index is 0.122. The van der Waals surface area contributed by atoms with Crippen LogP contribution in [0.1, 0.15) is 13.8 Å². The molecule has 0 heterocycles. The van der Waals surface area contributed by atoms with Gasteiger partial charge in [0.2, 0.25) is 5.91 Å². The van der Waals surface area contributed by atoms with Crippen molar-refractivity contribution in [3.05, 3.63) is 11.8 Å². The third-order valence-corrected chi connectivity index (χ3v) is 1.24. The number of allylic oxidation sites excluding steroid dienone is 1. The summed E-state index contributed by atoms with van der Waals surface area (Å²) in [5.41, 5.74) is 0.195. The average Bonchev–Trinajstić information content (AvgIpc) is 2.09. The first-order valence-electron chi connectivity index (χ1n) is 3.94. The van der Waals surface area contributed by atoms with E-state index in [0.29, 0.717) is 0 Å². The fourth-order valence-corrected chi connectivity index (χ4v) is 0.714. The van der Waals surface area contributed by atoms with Gasteiger partial charge in [-0.05, 0) is 6.92 Å². The van der Waals surface area contributed by atoms with E-state index in [0.717, 1.165) is 0 Å². The number of amides is 2. The molecule has 0 unspecified atom stereocenters. The van der Waals surface area contributed by atoms with Crippen molar-refractivity contribution in [2.24, 2.45) is 0 Å². The topological polar surface area (TPSA) is 78.4 Å². The summed E-state index contributed by atoms with van der Waals surface area (Å²) in [6.07, 6.45) is 1.49. The summed E-state index contributed by atoms with van der Waals surface area (Å²) < 4.78 is 0. The van der Waals surface area contributed by atoms with Gasteiger partial charge < -0.3 is 15.7 Å². The molecule has 0 rings (SSSR count). The number of aliphatic hydroxyl groups is 1. The molecule has 5 nitrogen and oxygen atoms in total. The van der Waals surface area contributed by atoms with Crippen LogP contribution in [0.3, 0.4) is 0 Å². The highest BCUT2D eigenvalue weighted by Crippen LogP contribution is 1.88. The normalized spacial score (nSPS) is 10.8. The molecule has 0 aliphatic carbocycles. The molecule has 0 aliphatic rings. The number of hydrogen-bond donors (Lipinski definition) is 3. The zero-order valence-electron chi connectivity index (χ0n) is 7.76. The molecular weight excluding hydrogens is 172 g/mol. The van der Waals surface area contributed by atoms with Gasteiger partial charge in [-0.1, -0.05) is 6.08 Å². The Labute approximate surface area is 76.8 Å². The molecule has 0 radical (unpaired) electrons. The van der Waals surface area contributed by atoms with Gasteiger partial charge in [-0.3, -0.25) is 9.59 Å². The number of nitrogens with one attached hydrogen (secondary N) is 2. The molecule has 74 valence electrons. The first-order chi connectivity index (χ1) is 6.11. The molecule has 0 saturated carbocycles. The fraction of sp³-hybridized carbons (Fsp3) is 0.500. The van der Waals surface area contributed by atoms with Gasteiger partial charge in [0.25, 0.3) is 5.91 Å². The Balaban J connectivity index is 4.09. The molecule has 13 heavy (non-hydrogen) atoms. The van der Waals surface area contributed by atoms with Crippen LogP contribution in [-0.4, -0.2) is 30.1 Å². The van der Waals surface area contributed by atoms with Gasteiger partial charge in [0.1, 0.15) is 5.70 Å². The van der Waals surface area contributed by atoms with Crippen molar-refractivity contribution in [1.29, 1.82) is 0 Å². The molecule has 0 aromatic heterocycles. The third-order valence-electron chi connectivity index (χ3n) is 1.24. The Morgan fingerprint density at radius 2 is 2.08 bits per heavy atom. The number of hydrogen-bond acceptors (Lipinski definition) is 3. The van der Waals surface area contributed by atoms with E-state index in [2.05, 4.69) is 10.6 Å². The Kier molecular flexibility index (Phi) is 5.54. The van der Waals surface area contributed by atoms with Gasteiger partial charge in [-0.2, -0.15) is 0 Å². The van der Waals surface area contributed by atoms with Crippen molar-refractivity contribution in [2.75, 3.05) is 13.2 Å². The van der Waals surface area contributed by atoms with E-state index >= 15 is 0 Å². The standard InChI is InChI=1S/C8H14N2O3/c1-3-7(10-6(2)12)8(13)9-4-5-11/h3,11H,4-5H2,1-2H3,(H,9,13)(H,10,12)/b7-3-. The second-order valence-electron chi connectivity index (χ2n) is 2.36. The van der Waals surface area contributed by atoms with Gasteiger partial charge in [-0.25, -0.2) is 0 Å². The van der Waals surface area contributed by atoms with E-state index < -0.39 is 5.91 Å². The van der Waals surface area contributed by atoms with E-state index in [4.69, 9.17) is 5.11 Å². The number of aliphatic hydroxyl groups excluding tert-OH is 1. The summed E-state index contributed by atoms with van der Waals surface area (Å²) in [6.45, 7) is 3.02. The molecule has 0 saturated heterocycles. The summed E-state index contributed by atoms with van der Waals surface area (Å²) in [4.78, 5) is 21.8. The van der Waals surface area contributed by atoms with Gasteiger partial charge >= 0.3 is 0 Å². The SMILES string of the molecule is C/C=C(\NC(C)=O)C(=O)NCCO. The molecule has 0 fully saturated rings. The predicted molar refractivity (Wildman–Crippen MR) is 47.7 cm³/mol. The van der Waals surface area contributed by atoms with Crippen molar-refractivity contribution >= 4 is 11.8 Å². The van der Waals surface area contributed by atoms with Gasteiger partial charge in [0, 0.05) is 13.5 Å². The van der Waals surface area contributed by atoms with Crippen LogP contribution in [0, 0.1) is 0 Å². The Morgan fingerprint density at radius 1 is 1.46 bits per heavy atom. The lowest BCUT2D eigenvalue weighted by molar-refractivity contribution is -0.122. The summed E-state index contributed by atoms with van der Waals surface area (Å²) >= 11 is 0. The van der Waals surface area contributed by atoms with E-state index in [9.17, 15) is 9.59 Å². The van der Waals surface area contributed by atoms with Crippen LogP contribution in [0.5, 0.6) is 0 Å². The smallest absolute Gasteiger partial charge is 0.267 e. The summed E-state index contributed by atoms with van der Waals surface area (Å²) in [7, 11) is 0. The van der Waals surface area contributed by atoms with Gasteiger partial charge in [-0.15, -0.1) is 0 Å². The maximum atomic E-state index is 11.2. The van der Waals surface area contributed by atoms with Crippen molar-refractivity contribution < 1.29 is 14.7 Å². The molecule has 0 aromatic rings. The van der Waals surface area contributed by atoms with Crippen LogP contribution in [0.15, 0.2) is 11.8 Å². The molecule has 0 aliphatic heterocycles. The Hall–Kier alpha value is -1.36. The number of carbonyl (C=O) groups excluding carboxylic acids is 2. The number of carbonyl (C=O) groups is 2. The van der Waals surface area contributed by atoms with Crippen LogP contribution in [0.4, 0.5) is 0 Å². The summed E-state index contributed by atoms with van der Waals surface area (Å²) in [5.74, 6) is -0.695. The van der Waals surface area contributed by atoms with Crippen LogP contribution in [-0.2, 0) is 9.59 Å². The van der Waals surface area contributed by atoms with E-state index in [-0.39, 0.29) is 24.8 Å². The third kappa shape index (κ3) is 4.97. The van der Waals surface area contributed by atoms with E-state index in [1.807, 2.05) is 0 Å². The van der Waals surface area contributed by atoms with Crippen LogP contribution in [0.2, 0.25) is 0 Å². The Bertz CT molecular complexity index is 223. The number of rotatable bonds is 4. The average molecular weight is 186 g/mol. The highest BCUT2D eigenvalue weighted by atomic mass is 16.3. The Morgan fingerprint density at radius 3 is 2.46 bits per heavy atom. The lowest BCUT2D eigenvalue weighted by Gasteiger charge is -2.07. The summed E-state index contributed by atoms with van der Waals surface area (Å²) in [6, 6.07) is 0. The van der Waals surface area contributed by atoms with Crippen molar-refractivity contribution in [3.8, 4) is 0 Å². The molecule has 2 amide bonds. The molecule has 0 spiro atoms. The second kappa shape index (κ2) is 6.19. The highest BCUT2D eigenvalue weighted by molar-refractivity contribution is 5.96. The lowest BCUT2D eigenvalue weighted by atomic mass is 10.3. The highest BCUT2D eigenvalue weighted by Gasteiger charge is 2.07. The van der Waals surface area contributed by atoms with Crippen molar-refractivity contribution in [3.63, 3.8) is 0 Å². The van der Waals surface area contributed by atoms with E-state index in [1.54, 1.807) is 6.92 Å². The maximum absolute atomic E-state index is 11.2. The lowest BCUT2D eigenvalue weighted by Crippen LogP contribution is -2.35. The monoisotopic (exact) mass is 186 g/mol. The molecule has 3 N–H and O–H groups in total. The fourth-order valence-electron chi connectivity index (χ4n) is 0.714. The summed E-state index contributed by atoms with van der Waals surface area (Å²) in [5, 5.41) is 13.2. The van der Waals surface area contributed by atoms with Gasteiger partial charge in [0.05, 0.1) is 6.61 Å².